The van der Waals surface area contributed by atoms with Gasteiger partial charge in [-0.05, 0) is 23.7 Å². The first-order valence-corrected chi connectivity index (χ1v) is 11.2. The van der Waals surface area contributed by atoms with Crippen LogP contribution in [0.3, 0.4) is 0 Å². The van der Waals surface area contributed by atoms with Crippen LogP contribution in [0.25, 0.3) is 0 Å². The zero-order valence-corrected chi connectivity index (χ0v) is 20.2. The number of carboxylic acids is 1. The summed E-state index contributed by atoms with van der Waals surface area (Å²) < 4.78 is 0. The summed E-state index contributed by atoms with van der Waals surface area (Å²) in [5.74, 6) is -3.45. The zero-order valence-electron chi connectivity index (χ0n) is 20.2. The smallest absolute Gasteiger partial charge is 0.326 e. The normalized spacial score (nSPS) is 17.3. The van der Waals surface area contributed by atoms with Gasteiger partial charge in [0.05, 0.1) is 6.04 Å². The van der Waals surface area contributed by atoms with E-state index in [0.29, 0.717) is 12.8 Å². The Bertz CT molecular complexity index is 623. The Labute approximate surface area is 186 Å². The summed E-state index contributed by atoms with van der Waals surface area (Å²) in [6.07, 6.45) is 1.21. The van der Waals surface area contributed by atoms with Crippen LogP contribution in [-0.2, 0) is 19.2 Å². The quantitative estimate of drug-likeness (QED) is 0.290. The molecule has 0 aliphatic rings. The van der Waals surface area contributed by atoms with Crippen molar-refractivity contribution in [2.24, 2.45) is 29.4 Å². The van der Waals surface area contributed by atoms with E-state index >= 15 is 0 Å². The van der Waals surface area contributed by atoms with Crippen LogP contribution < -0.4 is 21.7 Å². The SMILES string of the molecule is CCC(C)C(NC(=O)C(NC(=O)C(NC(=O)C(N)C(C)C)C(C)CC)C(C)C)C(=O)O. The Morgan fingerprint density at radius 1 is 0.677 bits per heavy atom. The van der Waals surface area contributed by atoms with E-state index in [1.165, 1.54) is 0 Å². The molecule has 9 heteroatoms. The summed E-state index contributed by atoms with van der Waals surface area (Å²) in [5, 5.41) is 17.4. The minimum atomic E-state index is -1.12. The fourth-order valence-corrected chi connectivity index (χ4v) is 2.96. The van der Waals surface area contributed by atoms with E-state index < -0.39 is 47.9 Å². The van der Waals surface area contributed by atoms with Crippen LogP contribution in [0.15, 0.2) is 0 Å². The number of aliphatic carboxylic acids is 1. The molecule has 0 aromatic heterocycles. The van der Waals surface area contributed by atoms with E-state index in [9.17, 15) is 24.3 Å². The maximum atomic E-state index is 13.0. The minimum absolute atomic E-state index is 0.0941. The van der Waals surface area contributed by atoms with Gasteiger partial charge < -0.3 is 26.8 Å². The third kappa shape index (κ3) is 8.85. The molecule has 0 saturated heterocycles. The van der Waals surface area contributed by atoms with Gasteiger partial charge in [-0.25, -0.2) is 4.79 Å². The van der Waals surface area contributed by atoms with Gasteiger partial charge in [0.15, 0.2) is 0 Å². The second kappa shape index (κ2) is 13.3. The topological polar surface area (TPSA) is 151 Å². The molecule has 0 spiro atoms. The molecule has 31 heavy (non-hydrogen) atoms. The average Bonchev–Trinajstić information content (AvgIpc) is 2.70. The molecule has 0 aromatic carbocycles. The fourth-order valence-electron chi connectivity index (χ4n) is 2.96. The molecular formula is C22H42N4O5. The number of carbonyl (C=O) groups excluding carboxylic acids is 3. The van der Waals surface area contributed by atoms with Crippen molar-refractivity contribution in [1.82, 2.24) is 16.0 Å². The first-order chi connectivity index (χ1) is 14.3. The van der Waals surface area contributed by atoms with Crippen molar-refractivity contribution in [2.45, 2.75) is 92.4 Å². The third-order valence-corrected chi connectivity index (χ3v) is 5.84. The Kier molecular flexibility index (Phi) is 12.4. The molecule has 6 atom stereocenters. The number of nitrogens with one attached hydrogen (secondary N) is 3. The molecule has 0 fully saturated rings. The predicted octanol–water partition coefficient (Wildman–Crippen LogP) is 1.26. The number of hydrogen-bond acceptors (Lipinski definition) is 5. The van der Waals surface area contributed by atoms with Gasteiger partial charge in [-0.1, -0.05) is 68.2 Å². The standard InChI is InChI=1S/C22H42N4O5/c1-9-13(7)17(25-19(27)15(23)11(3)4)21(29)24-16(12(5)6)20(28)26-18(22(30)31)14(8)10-2/h11-18H,9-10,23H2,1-8H3,(H,24,29)(H,25,27)(H,26,28)(H,30,31). The van der Waals surface area contributed by atoms with Crippen molar-refractivity contribution >= 4 is 23.7 Å². The van der Waals surface area contributed by atoms with Gasteiger partial charge in [-0.15, -0.1) is 0 Å². The van der Waals surface area contributed by atoms with Crippen LogP contribution in [0.5, 0.6) is 0 Å². The number of amides is 3. The molecule has 6 N–H and O–H groups in total. The lowest BCUT2D eigenvalue weighted by Gasteiger charge is -2.30. The monoisotopic (exact) mass is 442 g/mol. The molecule has 0 bridgehead atoms. The van der Waals surface area contributed by atoms with Crippen molar-refractivity contribution in [3.8, 4) is 0 Å². The predicted molar refractivity (Wildman–Crippen MR) is 120 cm³/mol. The van der Waals surface area contributed by atoms with Crippen molar-refractivity contribution in [3.63, 3.8) is 0 Å². The van der Waals surface area contributed by atoms with Gasteiger partial charge in [-0.3, -0.25) is 14.4 Å². The Balaban J connectivity index is 5.54. The second-order valence-corrected chi connectivity index (χ2v) is 9.08. The molecule has 0 aliphatic heterocycles. The number of hydrogen-bond donors (Lipinski definition) is 5. The lowest BCUT2D eigenvalue weighted by molar-refractivity contribution is -0.144. The highest BCUT2D eigenvalue weighted by Crippen LogP contribution is 2.13. The number of rotatable bonds is 13. The molecule has 0 heterocycles. The highest BCUT2D eigenvalue weighted by atomic mass is 16.4. The van der Waals surface area contributed by atoms with Gasteiger partial charge in [0.1, 0.15) is 18.1 Å². The van der Waals surface area contributed by atoms with Gasteiger partial charge in [0, 0.05) is 0 Å². The Hall–Kier alpha value is -2.16. The van der Waals surface area contributed by atoms with Crippen LogP contribution in [0.1, 0.15) is 68.2 Å². The zero-order chi connectivity index (χ0) is 24.5. The lowest BCUT2D eigenvalue weighted by atomic mass is 9.94. The Morgan fingerprint density at radius 2 is 1.06 bits per heavy atom. The molecule has 0 radical (unpaired) electrons. The second-order valence-electron chi connectivity index (χ2n) is 9.08. The summed E-state index contributed by atoms with van der Waals surface area (Å²) in [6.45, 7) is 14.5. The van der Waals surface area contributed by atoms with Crippen molar-refractivity contribution in [3.05, 3.63) is 0 Å². The molecule has 0 aliphatic carbocycles. The minimum Gasteiger partial charge on any atom is -0.480 e. The van der Waals surface area contributed by atoms with E-state index in [-0.39, 0.29) is 23.7 Å². The summed E-state index contributed by atoms with van der Waals surface area (Å²) in [5.41, 5.74) is 5.91. The molecule has 0 aromatic rings. The third-order valence-electron chi connectivity index (χ3n) is 5.84. The van der Waals surface area contributed by atoms with Gasteiger partial charge >= 0.3 is 5.97 Å². The molecule has 180 valence electrons. The summed E-state index contributed by atoms with van der Waals surface area (Å²) >= 11 is 0. The molecule has 6 unspecified atom stereocenters. The van der Waals surface area contributed by atoms with Gasteiger partial charge in [0.25, 0.3) is 0 Å². The van der Waals surface area contributed by atoms with Gasteiger partial charge in [0.2, 0.25) is 17.7 Å². The lowest BCUT2D eigenvalue weighted by Crippen LogP contribution is -2.60. The van der Waals surface area contributed by atoms with Crippen molar-refractivity contribution < 1.29 is 24.3 Å². The maximum absolute atomic E-state index is 13.0. The largest absolute Gasteiger partial charge is 0.480 e. The highest BCUT2D eigenvalue weighted by Gasteiger charge is 2.34. The van der Waals surface area contributed by atoms with E-state index in [2.05, 4.69) is 16.0 Å². The van der Waals surface area contributed by atoms with Crippen LogP contribution >= 0.6 is 0 Å². The molecule has 0 rings (SSSR count). The van der Waals surface area contributed by atoms with Crippen LogP contribution in [0, 0.1) is 23.7 Å². The highest BCUT2D eigenvalue weighted by molar-refractivity contribution is 5.94. The molecular weight excluding hydrogens is 400 g/mol. The molecule has 0 saturated carbocycles. The van der Waals surface area contributed by atoms with E-state index in [4.69, 9.17) is 5.73 Å². The fraction of sp³-hybridized carbons (Fsp3) is 0.818. The first-order valence-electron chi connectivity index (χ1n) is 11.2. The first kappa shape index (κ1) is 28.8. The molecule has 9 nitrogen and oxygen atoms in total. The summed E-state index contributed by atoms with van der Waals surface area (Å²) in [6, 6.07) is -3.61. The number of nitrogens with two attached hydrogens (primary N) is 1. The Morgan fingerprint density at radius 3 is 1.45 bits per heavy atom. The van der Waals surface area contributed by atoms with E-state index in [1.54, 1.807) is 20.8 Å². The summed E-state index contributed by atoms with van der Waals surface area (Å²) in [4.78, 5) is 49.9. The number of carbonyl (C=O) groups is 4. The number of carboxylic acid groups (broad SMARTS) is 1. The van der Waals surface area contributed by atoms with Crippen LogP contribution in [0.2, 0.25) is 0 Å². The van der Waals surface area contributed by atoms with Crippen LogP contribution in [-0.4, -0.2) is 53.0 Å². The van der Waals surface area contributed by atoms with Gasteiger partial charge in [-0.2, -0.15) is 0 Å². The maximum Gasteiger partial charge on any atom is 0.326 e. The van der Waals surface area contributed by atoms with E-state index in [0.717, 1.165) is 0 Å². The molecule has 3 amide bonds. The van der Waals surface area contributed by atoms with E-state index in [1.807, 2.05) is 34.6 Å². The average molecular weight is 443 g/mol. The van der Waals surface area contributed by atoms with Crippen molar-refractivity contribution in [1.29, 1.82) is 0 Å². The van der Waals surface area contributed by atoms with Crippen LogP contribution in [0.4, 0.5) is 0 Å². The summed E-state index contributed by atoms with van der Waals surface area (Å²) in [7, 11) is 0. The van der Waals surface area contributed by atoms with Crippen molar-refractivity contribution in [2.75, 3.05) is 0 Å².